The summed E-state index contributed by atoms with van der Waals surface area (Å²) in [5.74, 6) is -74.3. The lowest BCUT2D eigenvalue weighted by molar-refractivity contribution is -0.467. The van der Waals surface area contributed by atoms with Crippen molar-refractivity contribution in [2.24, 2.45) is 0 Å². The van der Waals surface area contributed by atoms with Gasteiger partial charge in [0.25, 0.3) is 5.91 Å². The molecule has 0 bridgehead atoms. The molecule has 0 spiro atoms. The first kappa shape index (κ1) is 40.6. The van der Waals surface area contributed by atoms with Gasteiger partial charge in [0.15, 0.2) is 0 Å². The largest absolute Gasteiger partial charge is 0.460 e. The molecule has 1 amide bonds. The van der Waals surface area contributed by atoms with Crippen molar-refractivity contribution in [3.05, 3.63) is 60.7 Å². The summed E-state index contributed by atoms with van der Waals surface area (Å²) in [4.78, 5) is 11.9. The molecule has 0 saturated carbocycles. The van der Waals surface area contributed by atoms with Gasteiger partial charge in [-0.1, -0.05) is 36.4 Å². The molecule has 2 rings (SSSR count). The summed E-state index contributed by atoms with van der Waals surface area (Å²) in [6.45, 7) is 0. The highest BCUT2D eigenvalue weighted by Crippen LogP contribution is 2.65. The van der Waals surface area contributed by atoms with E-state index in [9.17, 15) is 92.8 Å². The zero-order valence-corrected chi connectivity index (χ0v) is 23.1. The Kier molecular flexibility index (Phi) is 10.5. The van der Waals surface area contributed by atoms with Crippen LogP contribution in [0.1, 0.15) is 0 Å². The number of carbonyl (C=O) groups excluding carboxylic acids is 1. The third-order valence-corrected chi connectivity index (χ3v) is 7.33. The van der Waals surface area contributed by atoms with Crippen LogP contribution in [0.15, 0.2) is 60.7 Å². The van der Waals surface area contributed by atoms with E-state index in [0.717, 1.165) is 24.3 Å². The van der Waals surface area contributed by atoms with Crippen LogP contribution in [0.2, 0.25) is 0 Å². The molecular formula is C23H13F19NO4P. The van der Waals surface area contributed by atoms with Crippen LogP contribution in [0.4, 0.5) is 83.4 Å². The van der Waals surface area contributed by atoms with E-state index in [2.05, 4.69) is 0 Å². The van der Waals surface area contributed by atoms with Gasteiger partial charge in [-0.15, -0.1) is 0 Å². The molecule has 5 nitrogen and oxygen atoms in total. The molecule has 0 aromatic heterocycles. The standard InChI is InChI=1S/C23H13F19NO4P/c24-15(25,14(44)43-11-48(45,46-12-7-3-1-4-8-12)47-13-9-5-2-6-10-13)16(26,27)17(28,29)18(30,31)19(32,33)20(34,35)21(36,37)22(38,39)23(40,41)42/h1-10H,11H2,(H,43,44). The van der Waals surface area contributed by atoms with Gasteiger partial charge >= 0.3 is 61.2 Å². The number of rotatable bonds is 14. The Labute approximate surface area is 253 Å². The molecule has 2 aromatic carbocycles. The predicted octanol–water partition coefficient (Wildman–Crippen LogP) is 9.06. The minimum Gasteiger partial charge on any atom is -0.415 e. The Bertz CT molecular complexity index is 1440. The van der Waals surface area contributed by atoms with Crippen molar-refractivity contribution in [1.82, 2.24) is 5.32 Å². The SMILES string of the molecule is O=C(NCP(=O)(Oc1ccccc1)Oc1ccccc1)C(F)(F)C(F)(F)C(F)(F)C(F)(F)C(F)(F)C(F)(F)C(F)(F)C(F)(F)C(F)(F)F. The fourth-order valence-electron chi connectivity index (χ4n) is 3.15. The van der Waals surface area contributed by atoms with Crippen LogP contribution in [0.25, 0.3) is 0 Å². The summed E-state index contributed by atoms with van der Waals surface area (Å²) in [5.41, 5.74) is 0. The van der Waals surface area contributed by atoms with Gasteiger partial charge in [0.1, 0.15) is 17.8 Å². The summed E-state index contributed by atoms with van der Waals surface area (Å²) < 4.78 is 280. The Morgan fingerprint density at radius 3 is 1.10 bits per heavy atom. The molecule has 272 valence electrons. The topological polar surface area (TPSA) is 64.6 Å². The van der Waals surface area contributed by atoms with Gasteiger partial charge in [0.2, 0.25) is 0 Å². The van der Waals surface area contributed by atoms with Crippen molar-refractivity contribution in [2.45, 2.75) is 53.6 Å². The average Bonchev–Trinajstić information content (AvgIpc) is 2.95. The molecule has 25 heteroatoms. The zero-order chi connectivity index (χ0) is 37.6. The van der Waals surface area contributed by atoms with Crippen LogP contribution < -0.4 is 14.4 Å². The number of carbonyl (C=O) groups is 1. The maximum Gasteiger partial charge on any atom is 0.460 e. The highest BCUT2D eigenvalue weighted by molar-refractivity contribution is 7.54. The van der Waals surface area contributed by atoms with Gasteiger partial charge in [0.05, 0.1) is 0 Å². The van der Waals surface area contributed by atoms with Gasteiger partial charge in [-0.05, 0) is 24.3 Å². The number of benzene rings is 2. The molecule has 0 atom stereocenters. The molecule has 1 N–H and O–H groups in total. The van der Waals surface area contributed by atoms with E-state index in [1.807, 2.05) is 0 Å². The monoisotopic (exact) mass is 759 g/mol. The fourth-order valence-corrected chi connectivity index (χ4v) is 4.54. The maximum atomic E-state index is 14.3. The number of nitrogens with one attached hydrogen (secondary N) is 1. The van der Waals surface area contributed by atoms with E-state index in [4.69, 9.17) is 9.05 Å². The summed E-state index contributed by atoms with van der Waals surface area (Å²) in [6.07, 6.45) is -10.1. The Hall–Kier alpha value is -3.59. The smallest absolute Gasteiger partial charge is 0.415 e. The molecule has 0 aliphatic rings. The summed E-state index contributed by atoms with van der Waals surface area (Å²) in [6, 6.07) is 11.3. The minimum absolute atomic E-state index is 0.481. The average molecular weight is 759 g/mol. The van der Waals surface area contributed by atoms with Crippen molar-refractivity contribution in [1.29, 1.82) is 0 Å². The fraction of sp³-hybridized carbons (Fsp3) is 0.435. The van der Waals surface area contributed by atoms with Crippen LogP contribution in [-0.4, -0.2) is 65.7 Å². The molecule has 0 heterocycles. The normalized spacial score (nSPS) is 14.8. The molecule has 0 saturated heterocycles. The number of hydrogen-bond acceptors (Lipinski definition) is 4. The number of hydrogen-bond donors (Lipinski definition) is 1. The molecule has 2 aromatic rings. The van der Waals surface area contributed by atoms with Crippen molar-refractivity contribution in [2.75, 3.05) is 6.29 Å². The van der Waals surface area contributed by atoms with Crippen molar-refractivity contribution in [3.8, 4) is 11.5 Å². The Morgan fingerprint density at radius 1 is 0.500 bits per heavy atom. The van der Waals surface area contributed by atoms with Crippen LogP contribution in [0.3, 0.4) is 0 Å². The lowest BCUT2D eigenvalue weighted by Gasteiger charge is -2.43. The zero-order valence-electron chi connectivity index (χ0n) is 22.2. The van der Waals surface area contributed by atoms with Crippen LogP contribution in [0, 0.1) is 0 Å². The van der Waals surface area contributed by atoms with E-state index in [1.165, 1.54) is 36.4 Å². The van der Waals surface area contributed by atoms with Crippen molar-refractivity contribution in [3.63, 3.8) is 0 Å². The van der Waals surface area contributed by atoms with Crippen molar-refractivity contribution >= 4 is 13.5 Å². The third kappa shape index (κ3) is 6.42. The van der Waals surface area contributed by atoms with E-state index in [-0.39, 0.29) is 0 Å². The van der Waals surface area contributed by atoms with Gasteiger partial charge < -0.3 is 14.4 Å². The lowest BCUT2D eigenvalue weighted by Crippen LogP contribution is -2.76. The summed E-state index contributed by atoms with van der Waals surface area (Å²) >= 11 is 0. The molecule has 0 radical (unpaired) electrons. The molecule has 48 heavy (non-hydrogen) atoms. The number of halogens is 19. The number of amides is 1. The molecule has 0 aliphatic carbocycles. The van der Waals surface area contributed by atoms with Crippen LogP contribution in [0.5, 0.6) is 11.5 Å². The Morgan fingerprint density at radius 2 is 0.792 bits per heavy atom. The van der Waals surface area contributed by atoms with Gasteiger partial charge in [-0.25, -0.2) is 4.57 Å². The lowest BCUT2D eigenvalue weighted by atomic mass is 9.87. The highest BCUT2D eigenvalue weighted by atomic mass is 31.2. The number of para-hydroxylation sites is 2. The van der Waals surface area contributed by atoms with Crippen LogP contribution in [-0.2, 0) is 9.36 Å². The third-order valence-electron chi connectivity index (χ3n) is 5.81. The predicted molar refractivity (Wildman–Crippen MR) is 120 cm³/mol. The highest BCUT2D eigenvalue weighted by Gasteiger charge is 2.97. The van der Waals surface area contributed by atoms with E-state index in [1.54, 1.807) is 0 Å². The summed E-state index contributed by atoms with van der Waals surface area (Å²) in [5, 5.41) is 0.523. The molecular weight excluding hydrogens is 746 g/mol. The van der Waals surface area contributed by atoms with E-state index >= 15 is 0 Å². The second kappa shape index (κ2) is 12.4. The first-order valence-corrected chi connectivity index (χ1v) is 13.5. The molecule has 0 unspecified atom stereocenters. The first-order valence-electron chi connectivity index (χ1n) is 11.7. The maximum absolute atomic E-state index is 14.3. The number of alkyl halides is 19. The van der Waals surface area contributed by atoms with Gasteiger partial charge in [-0.2, -0.15) is 83.4 Å². The molecule has 0 fully saturated rings. The van der Waals surface area contributed by atoms with E-state index in [0.29, 0.717) is 5.32 Å². The summed E-state index contributed by atoms with van der Waals surface area (Å²) in [7, 11) is -5.22. The Balaban J connectivity index is 2.50. The van der Waals surface area contributed by atoms with E-state index < -0.39 is 84.8 Å². The first-order chi connectivity index (χ1) is 21.3. The van der Waals surface area contributed by atoms with Gasteiger partial charge in [0, 0.05) is 0 Å². The second-order valence-corrected chi connectivity index (χ2v) is 11.1. The van der Waals surface area contributed by atoms with Crippen molar-refractivity contribution < 1.29 is 102 Å². The second-order valence-electron chi connectivity index (χ2n) is 9.18. The quantitative estimate of drug-likeness (QED) is 0.154. The van der Waals surface area contributed by atoms with Crippen LogP contribution >= 0.6 is 7.60 Å². The minimum atomic E-state index is -9.14. The molecule has 0 aliphatic heterocycles. The van der Waals surface area contributed by atoms with Gasteiger partial charge in [-0.3, -0.25) is 4.79 Å².